The molecule has 0 amide bonds. The zero-order valence-electron chi connectivity index (χ0n) is 10.8. The van der Waals surface area contributed by atoms with Crippen LogP contribution in [0.15, 0.2) is 0 Å². The van der Waals surface area contributed by atoms with E-state index in [1.165, 1.54) is 0 Å². The molecule has 0 aliphatic rings. The largest absolute Gasteiger partial charge is 0.397 e. The summed E-state index contributed by atoms with van der Waals surface area (Å²) in [5.74, 6) is 0. The zero-order chi connectivity index (χ0) is 13.2. The molecule has 5 N–H and O–H groups in total. The summed E-state index contributed by atoms with van der Waals surface area (Å²) in [6.07, 6.45) is 0. The first-order valence-corrected chi connectivity index (χ1v) is 5.44. The van der Waals surface area contributed by atoms with Gasteiger partial charge in [0.05, 0.1) is 19.8 Å². The van der Waals surface area contributed by atoms with Gasteiger partial charge in [-0.05, 0) is 13.8 Å². The monoisotopic (exact) mass is 289 g/mol. The second kappa shape index (κ2) is 30.0. The van der Waals surface area contributed by atoms with Gasteiger partial charge >= 0.3 is 0 Å². The summed E-state index contributed by atoms with van der Waals surface area (Å²) in [4.78, 5) is 1.79. The van der Waals surface area contributed by atoms with Crippen LogP contribution in [0.2, 0.25) is 0 Å². The predicted octanol–water partition coefficient (Wildman–Crippen LogP) is -1.74. The average molecular weight is 289 g/mol. The van der Waals surface area contributed by atoms with E-state index in [1.807, 2.05) is 0 Å². The first-order valence-electron chi connectivity index (χ1n) is 5.44. The summed E-state index contributed by atoms with van der Waals surface area (Å²) in [5, 5.41) is 40.6. The summed E-state index contributed by atoms with van der Waals surface area (Å²) < 4.78 is 0. The van der Waals surface area contributed by atoms with E-state index in [9.17, 15) is 0 Å². The topological polar surface area (TPSA) is 104 Å². The van der Waals surface area contributed by atoms with E-state index in [0.29, 0.717) is 19.6 Å². The average Bonchev–Trinajstić information content (AvgIpc) is 2.21. The summed E-state index contributed by atoms with van der Waals surface area (Å²) in [6.45, 7) is 5.61. The molecule has 0 rings (SSSR count). The molecule has 0 fully saturated rings. The number of nitrogens with zero attached hydrogens (tertiary/aromatic N) is 1. The standard InChI is InChI=1S/C6H15NO3.2C2H6O.Ti/c8-4-1-7(2-5-9)3-6-10;2*1-2-3;/h8-10H,1-6H2;2*3H,2H2,1H3;. The Morgan fingerprint density at radius 2 is 0.824 bits per heavy atom. The fourth-order valence-electron chi connectivity index (χ4n) is 0.760. The molecule has 0 atom stereocenters. The molecule has 0 radical (unpaired) electrons. The summed E-state index contributed by atoms with van der Waals surface area (Å²) >= 11 is 0. The van der Waals surface area contributed by atoms with Gasteiger partial charge < -0.3 is 25.5 Å². The maximum Gasteiger partial charge on any atom is 0.0558 e. The van der Waals surface area contributed by atoms with Gasteiger partial charge in [-0.1, -0.05) is 0 Å². The van der Waals surface area contributed by atoms with E-state index in [2.05, 4.69) is 0 Å². The van der Waals surface area contributed by atoms with Crippen molar-refractivity contribution in [1.82, 2.24) is 4.90 Å². The quantitative estimate of drug-likeness (QED) is 0.372. The van der Waals surface area contributed by atoms with Gasteiger partial charge in [-0.3, -0.25) is 4.90 Å². The van der Waals surface area contributed by atoms with Crippen molar-refractivity contribution in [2.24, 2.45) is 0 Å². The molecule has 7 heteroatoms. The van der Waals surface area contributed by atoms with Gasteiger partial charge in [0, 0.05) is 54.6 Å². The van der Waals surface area contributed by atoms with Gasteiger partial charge in [-0.2, -0.15) is 0 Å². The summed E-state index contributed by atoms with van der Waals surface area (Å²) in [6, 6.07) is 0. The molecule has 0 heterocycles. The van der Waals surface area contributed by atoms with Crippen LogP contribution in [-0.2, 0) is 21.7 Å². The minimum atomic E-state index is 0. The Balaban J connectivity index is -0.000000102. The third-order valence-corrected chi connectivity index (χ3v) is 1.25. The van der Waals surface area contributed by atoms with Crippen LogP contribution in [-0.4, -0.2) is 83.1 Å². The third kappa shape index (κ3) is 38.5. The van der Waals surface area contributed by atoms with E-state index in [-0.39, 0.29) is 54.8 Å². The summed E-state index contributed by atoms with van der Waals surface area (Å²) in [7, 11) is 0. The van der Waals surface area contributed by atoms with Crippen LogP contribution in [0, 0.1) is 0 Å². The van der Waals surface area contributed by atoms with Crippen molar-refractivity contribution in [3.63, 3.8) is 0 Å². The molecule has 0 saturated carbocycles. The van der Waals surface area contributed by atoms with Crippen molar-refractivity contribution >= 4 is 0 Å². The van der Waals surface area contributed by atoms with Gasteiger partial charge in [0.15, 0.2) is 0 Å². The van der Waals surface area contributed by atoms with E-state index < -0.39 is 0 Å². The Morgan fingerprint density at radius 3 is 0.941 bits per heavy atom. The normalized spacial score (nSPS) is 8.47. The second-order valence-corrected chi connectivity index (χ2v) is 2.64. The van der Waals surface area contributed by atoms with E-state index in [1.54, 1.807) is 18.7 Å². The first-order chi connectivity index (χ1) is 7.67. The fourth-order valence-corrected chi connectivity index (χ4v) is 0.760. The van der Waals surface area contributed by atoms with Gasteiger partial charge in [0.25, 0.3) is 0 Å². The van der Waals surface area contributed by atoms with Crippen LogP contribution in [0.5, 0.6) is 0 Å². The van der Waals surface area contributed by atoms with Crippen LogP contribution in [0.3, 0.4) is 0 Å². The zero-order valence-corrected chi connectivity index (χ0v) is 12.4. The van der Waals surface area contributed by atoms with Crippen LogP contribution >= 0.6 is 0 Å². The van der Waals surface area contributed by atoms with E-state index in [0.717, 1.165) is 0 Å². The van der Waals surface area contributed by atoms with Gasteiger partial charge in [-0.15, -0.1) is 0 Å². The van der Waals surface area contributed by atoms with Crippen molar-refractivity contribution in [2.45, 2.75) is 13.8 Å². The Kier molecular flexibility index (Phi) is 46.0. The molecule has 0 unspecified atom stereocenters. The molecular weight excluding hydrogens is 262 g/mol. The van der Waals surface area contributed by atoms with Crippen LogP contribution in [0.25, 0.3) is 0 Å². The molecule has 0 aromatic heterocycles. The van der Waals surface area contributed by atoms with Crippen molar-refractivity contribution in [1.29, 1.82) is 0 Å². The molecule has 6 nitrogen and oxygen atoms in total. The van der Waals surface area contributed by atoms with Gasteiger partial charge in [0.1, 0.15) is 0 Å². The number of aliphatic hydroxyl groups excluding tert-OH is 5. The molecule has 0 saturated heterocycles. The van der Waals surface area contributed by atoms with E-state index >= 15 is 0 Å². The number of rotatable bonds is 6. The maximum absolute atomic E-state index is 8.48. The molecule has 0 bridgehead atoms. The molecule has 17 heavy (non-hydrogen) atoms. The molecule has 0 aliphatic carbocycles. The van der Waals surface area contributed by atoms with Gasteiger partial charge in [-0.25, -0.2) is 0 Å². The van der Waals surface area contributed by atoms with Crippen molar-refractivity contribution in [2.75, 3.05) is 52.7 Å². The first kappa shape index (κ1) is 26.1. The number of aliphatic hydroxyl groups is 5. The fraction of sp³-hybridized carbons (Fsp3) is 1.00. The second-order valence-electron chi connectivity index (χ2n) is 2.64. The minimum Gasteiger partial charge on any atom is -0.397 e. The van der Waals surface area contributed by atoms with Crippen molar-refractivity contribution in [3.8, 4) is 0 Å². The SMILES string of the molecule is CCO.CCO.OCCN(CCO)CCO.[Ti]. The Bertz CT molecular complexity index is 84.5. The van der Waals surface area contributed by atoms with Gasteiger partial charge in [0.2, 0.25) is 0 Å². The number of hydrogen-bond donors (Lipinski definition) is 5. The Morgan fingerprint density at radius 1 is 0.647 bits per heavy atom. The Labute approximate surface area is 119 Å². The third-order valence-electron chi connectivity index (χ3n) is 1.25. The molecule has 106 valence electrons. The minimum absolute atomic E-state index is 0. The molecule has 0 aromatic carbocycles. The maximum atomic E-state index is 8.48. The van der Waals surface area contributed by atoms with Crippen LogP contribution < -0.4 is 0 Å². The molecular formula is C10H27NO5Ti. The molecule has 0 spiro atoms. The van der Waals surface area contributed by atoms with Crippen molar-refractivity contribution in [3.05, 3.63) is 0 Å². The van der Waals surface area contributed by atoms with E-state index in [4.69, 9.17) is 25.5 Å². The number of hydrogen-bond acceptors (Lipinski definition) is 6. The molecule has 0 aliphatic heterocycles. The Hall–Kier alpha value is 0.474. The predicted molar refractivity (Wildman–Crippen MR) is 63.2 cm³/mol. The van der Waals surface area contributed by atoms with Crippen LogP contribution in [0.1, 0.15) is 13.8 Å². The summed E-state index contributed by atoms with van der Waals surface area (Å²) in [5.41, 5.74) is 0. The van der Waals surface area contributed by atoms with Crippen molar-refractivity contribution < 1.29 is 47.3 Å². The smallest absolute Gasteiger partial charge is 0.0558 e. The molecule has 0 aromatic rings. The van der Waals surface area contributed by atoms with Crippen LogP contribution in [0.4, 0.5) is 0 Å².